The van der Waals surface area contributed by atoms with Crippen molar-refractivity contribution in [1.82, 2.24) is 9.55 Å². The van der Waals surface area contributed by atoms with E-state index in [1.165, 1.54) is 10.8 Å². The summed E-state index contributed by atoms with van der Waals surface area (Å²) in [6.45, 7) is 0. The molecule has 0 unspecified atom stereocenters. The Morgan fingerprint density at radius 3 is 1.98 bits per heavy atom. The zero-order valence-corrected chi connectivity index (χ0v) is 26.4. The van der Waals surface area contributed by atoms with Crippen molar-refractivity contribution in [2.45, 2.75) is 9.79 Å². The molecule has 0 fully saturated rings. The van der Waals surface area contributed by atoms with Gasteiger partial charge in [0.25, 0.3) is 0 Å². The number of imidazole rings is 1. The Morgan fingerprint density at radius 1 is 0.458 bits per heavy atom. The van der Waals surface area contributed by atoms with E-state index in [2.05, 4.69) is 114 Å². The van der Waals surface area contributed by atoms with E-state index < -0.39 is 9.84 Å². The lowest BCUT2D eigenvalue weighted by Gasteiger charge is -2.23. The second kappa shape index (κ2) is 9.98. The lowest BCUT2D eigenvalue weighted by atomic mass is 9.86. The molecule has 2 heterocycles. The number of sulfone groups is 1. The van der Waals surface area contributed by atoms with Crippen LogP contribution in [0.5, 0.6) is 0 Å². The van der Waals surface area contributed by atoms with Gasteiger partial charge in [-0.05, 0) is 91.0 Å². The molecule has 8 aromatic carbocycles. The molecule has 5 heteroatoms. The van der Waals surface area contributed by atoms with Gasteiger partial charge in [-0.3, -0.25) is 4.57 Å². The van der Waals surface area contributed by atoms with E-state index in [-0.39, 0.29) is 9.79 Å². The zero-order valence-electron chi connectivity index (χ0n) is 25.6. The maximum absolute atomic E-state index is 13.9. The van der Waals surface area contributed by atoms with E-state index in [0.29, 0.717) is 16.7 Å². The van der Waals surface area contributed by atoms with Gasteiger partial charge in [-0.2, -0.15) is 0 Å². The lowest BCUT2D eigenvalue weighted by Crippen LogP contribution is -2.15. The van der Waals surface area contributed by atoms with Crippen LogP contribution in [0.4, 0.5) is 0 Å². The van der Waals surface area contributed by atoms with Crippen molar-refractivity contribution in [2.75, 3.05) is 0 Å². The molecule has 0 atom stereocenters. The first kappa shape index (κ1) is 27.1. The molecule has 0 saturated carbocycles. The molecule has 1 aromatic heterocycles. The smallest absolute Gasteiger partial charge is 0.210 e. The molecule has 226 valence electrons. The fourth-order valence-electron chi connectivity index (χ4n) is 7.59. The van der Waals surface area contributed by atoms with Crippen molar-refractivity contribution >= 4 is 53.2 Å². The SMILES string of the molecule is O=S1(=O)c2ccccc2-n2c(-c3c4ccccc4c(-c4ccc5ccccc5c4)c4ccc(-c5ccccc5)cc34)nc3cccc1c32. The van der Waals surface area contributed by atoms with Gasteiger partial charge in [0, 0.05) is 5.56 Å². The molecule has 0 aliphatic carbocycles. The summed E-state index contributed by atoms with van der Waals surface area (Å²) in [5.74, 6) is 0.719. The monoisotopic (exact) mass is 634 g/mol. The van der Waals surface area contributed by atoms with Crippen molar-refractivity contribution < 1.29 is 8.42 Å². The first-order chi connectivity index (χ1) is 23.6. The van der Waals surface area contributed by atoms with E-state index >= 15 is 0 Å². The van der Waals surface area contributed by atoms with Crippen LogP contribution in [0.3, 0.4) is 0 Å². The van der Waals surface area contributed by atoms with Gasteiger partial charge in [0.2, 0.25) is 9.84 Å². The van der Waals surface area contributed by atoms with Crippen LogP contribution in [-0.4, -0.2) is 18.0 Å². The van der Waals surface area contributed by atoms with Crippen LogP contribution in [0.1, 0.15) is 0 Å². The van der Waals surface area contributed by atoms with E-state index in [4.69, 9.17) is 4.98 Å². The third-order valence-corrected chi connectivity index (χ3v) is 11.6. The van der Waals surface area contributed by atoms with Crippen LogP contribution >= 0.6 is 0 Å². The number of hydrogen-bond acceptors (Lipinski definition) is 3. The largest absolute Gasteiger partial charge is 0.290 e. The zero-order chi connectivity index (χ0) is 32.0. The van der Waals surface area contributed by atoms with Gasteiger partial charge in [-0.1, -0.05) is 121 Å². The predicted octanol–water partition coefficient (Wildman–Crippen LogP) is 10.6. The minimum Gasteiger partial charge on any atom is -0.290 e. The third kappa shape index (κ3) is 3.76. The highest BCUT2D eigenvalue weighted by Crippen LogP contribution is 2.48. The fourth-order valence-corrected chi connectivity index (χ4v) is 9.23. The molecule has 0 saturated heterocycles. The maximum atomic E-state index is 13.9. The van der Waals surface area contributed by atoms with Gasteiger partial charge >= 0.3 is 0 Å². The first-order valence-electron chi connectivity index (χ1n) is 16.0. The molecule has 0 N–H and O–H groups in total. The Bertz CT molecular complexity index is 2910. The molecule has 1 aliphatic heterocycles. The van der Waals surface area contributed by atoms with Crippen LogP contribution in [-0.2, 0) is 9.84 Å². The standard InChI is InChI=1S/C43H26N2O2S/c46-48(47)38-19-9-8-18-37(38)45-42-36(17-10-20-39(42)48)44-43(45)41-33-16-7-6-15-32(33)40(31-22-21-28-13-4-5-14-29(28)25-31)34-24-23-30(26-35(34)41)27-11-2-1-3-12-27/h1-26H. The molecule has 0 bridgehead atoms. The highest BCUT2D eigenvalue weighted by molar-refractivity contribution is 7.92. The molecule has 9 aromatic rings. The van der Waals surface area contributed by atoms with Gasteiger partial charge in [0.15, 0.2) is 0 Å². The summed E-state index contributed by atoms with van der Waals surface area (Å²) in [6.07, 6.45) is 0. The second-order valence-electron chi connectivity index (χ2n) is 12.3. The Balaban J connectivity index is 1.40. The summed E-state index contributed by atoms with van der Waals surface area (Å²) in [6, 6.07) is 53.5. The van der Waals surface area contributed by atoms with E-state index in [9.17, 15) is 8.42 Å². The van der Waals surface area contributed by atoms with Crippen molar-refractivity contribution in [3.05, 3.63) is 158 Å². The van der Waals surface area contributed by atoms with E-state index in [1.807, 2.05) is 24.3 Å². The second-order valence-corrected chi connectivity index (χ2v) is 14.2. The Hall–Kier alpha value is -6.04. The lowest BCUT2D eigenvalue weighted by molar-refractivity contribution is 0.594. The minimum absolute atomic E-state index is 0.281. The van der Waals surface area contributed by atoms with Gasteiger partial charge in [0.05, 0.1) is 26.5 Å². The van der Waals surface area contributed by atoms with Gasteiger partial charge < -0.3 is 0 Å². The molecule has 1 aliphatic rings. The average Bonchev–Trinajstić information content (AvgIpc) is 3.52. The summed E-state index contributed by atoms with van der Waals surface area (Å²) in [4.78, 5) is 5.83. The molecule has 0 amide bonds. The van der Waals surface area contributed by atoms with Crippen LogP contribution in [0, 0.1) is 0 Å². The molecular formula is C43H26N2O2S. The van der Waals surface area contributed by atoms with E-state index in [0.717, 1.165) is 55.2 Å². The number of benzene rings is 8. The molecule has 48 heavy (non-hydrogen) atoms. The number of hydrogen-bond donors (Lipinski definition) is 0. The number of para-hydroxylation sites is 2. The number of fused-ring (bicyclic) bond motifs is 5. The Labute approximate surface area is 277 Å². The highest BCUT2D eigenvalue weighted by Gasteiger charge is 2.34. The Kier molecular flexibility index (Phi) is 5.64. The summed E-state index contributed by atoms with van der Waals surface area (Å²) in [5.41, 5.74) is 7.37. The van der Waals surface area contributed by atoms with E-state index in [1.54, 1.807) is 24.3 Å². The topological polar surface area (TPSA) is 52.0 Å². The Morgan fingerprint density at radius 2 is 1.12 bits per heavy atom. The highest BCUT2D eigenvalue weighted by atomic mass is 32.2. The first-order valence-corrected chi connectivity index (χ1v) is 17.5. The molecule has 4 nitrogen and oxygen atoms in total. The summed E-state index contributed by atoms with van der Waals surface area (Å²) >= 11 is 0. The van der Waals surface area contributed by atoms with Gasteiger partial charge in [0.1, 0.15) is 5.82 Å². The van der Waals surface area contributed by atoms with Crippen molar-refractivity contribution in [1.29, 1.82) is 0 Å². The molecule has 10 rings (SSSR count). The van der Waals surface area contributed by atoms with Crippen LogP contribution in [0.2, 0.25) is 0 Å². The van der Waals surface area contributed by atoms with Crippen LogP contribution in [0.15, 0.2) is 168 Å². The number of rotatable bonds is 3. The maximum Gasteiger partial charge on any atom is 0.210 e. The predicted molar refractivity (Wildman–Crippen MR) is 195 cm³/mol. The number of nitrogens with zero attached hydrogens (tertiary/aromatic N) is 2. The van der Waals surface area contributed by atoms with Gasteiger partial charge in [-0.25, -0.2) is 13.4 Å². The minimum atomic E-state index is -3.73. The van der Waals surface area contributed by atoms with Crippen LogP contribution in [0.25, 0.3) is 82.7 Å². The quantitative estimate of drug-likeness (QED) is 0.182. The van der Waals surface area contributed by atoms with Crippen molar-refractivity contribution in [3.8, 4) is 39.3 Å². The summed E-state index contributed by atoms with van der Waals surface area (Å²) < 4.78 is 29.9. The molecule has 0 spiro atoms. The summed E-state index contributed by atoms with van der Waals surface area (Å²) in [7, 11) is -3.73. The number of aromatic nitrogens is 2. The third-order valence-electron chi connectivity index (χ3n) is 9.72. The summed E-state index contributed by atoms with van der Waals surface area (Å²) in [5, 5.41) is 6.71. The molecule has 0 radical (unpaired) electrons. The normalized spacial score (nSPS) is 13.3. The fraction of sp³-hybridized carbons (Fsp3) is 0. The molecular weight excluding hydrogens is 609 g/mol. The van der Waals surface area contributed by atoms with Crippen molar-refractivity contribution in [2.24, 2.45) is 0 Å². The van der Waals surface area contributed by atoms with Gasteiger partial charge in [-0.15, -0.1) is 0 Å². The van der Waals surface area contributed by atoms with Crippen molar-refractivity contribution in [3.63, 3.8) is 0 Å². The average molecular weight is 635 g/mol. The van der Waals surface area contributed by atoms with Crippen LogP contribution < -0.4 is 0 Å².